The van der Waals surface area contributed by atoms with Crippen LogP contribution < -0.4 is 10.9 Å². The Hall–Kier alpha value is -2.34. The van der Waals surface area contributed by atoms with Crippen LogP contribution in [0.1, 0.15) is 11.3 Å². The zero-order valence-electron chi connectivity index (χ0n) is 10.9. The lowest BCUT2D eigenvalue weighted by molar-refractivity contribution is 0.892. The summed E-state index contributed by atoms with van der Waals surface area (Å²) in [5, 5.41) is 6.59. The van der Waals surface area contributed by atoms with E-state index in [9.17, 15) is 4.79 Å². The predicted molar refractivity (Wildman–Crippen MR) is 77.8 cm³/mol. The van der Waals surface area contributed by atoms with E-state index in [0.717, 1.165) is 11.3 Å². The second-order valence-electron chi connectivity index (χ2n) is 4.53. The molecular weight excluding hydrogens is 278 g/mol. The second kappa shape index (κ2) is 4.64. The summed E-state index contributed by atoms with van der Waals surface area (Å²) < 4.78 is 1.29. The summed E-state index contributed by atoms with van der Waals surface area (Å²) in [6.07, 6.45) is 0. The Balaban J connectivity index is 2.05. The number of anilines is 2. The van der Waals surface area contributed by atoms with Crippen LogP contribution in [0, 0.1) is 13.8 Å². The van der Waals surface area contributed by atoms with Crippen molar-refractivity contribution < 1.29 is 0 Å². The van der Waals surface area contributed by atoms with E-state index in [1.807, 2.05) is 19.1 Å². The Kier molecular flexibility index (Phi) is 2.94. The fourth-order valence-electron chi connectivity index (χ4n) is 1.91. The van der Waals surface area contributed by atoms with Gasteiger partial charge in [-0.1, -0.05) is 17.7 Å². The lowest BCUT2D eigenvalue weighted by atomic mass is 10.2. The molecule has 3 aromatic rings. The fourth-order valence-corrected chi connectivity index (χ4v) is 2.08. The summed E-state index contributed by atoms with van der Waals surface area (Å²) >= 11 is 5.97. The molecule has 102 valence electrons. The fraction of sp³-hybridized carbons (Fsp3) is 0.154. The average Bonchev–Trinajstić information content (AvgIpc) is 2.76. The van der Waals surface area contributed by atoms with Crippen LogP contribution in [-0.4, -0.2) is 19.6 Å². The highest BCUT2D eigenvalue weighted by molar-refractivity contribution is 6.30. The lowest BCUT2D eigenvalue weighted by Gasteiger charge is -2.06. The molecule has 0 amide bonds. The van der Waals surface area contributed by atoms with Crippen molar-refractivity contribution in [3.8, 4) is 0 Å². The lowest BCUT2D eigenvalue weighted by Crippen LogP contribution is -2.14. The Labute approximate surface area is 119 Å². The van der Waals surface area contributed by atoms with Gasteiger partial charge in [0.2, 0.25) is 5.95 Å². The van der Waals surface area contributed by atoms with E-state index in [1.54, 1.807) is 13.0 Å². The summed E-state index contributed by atoms with van der Waals surface area (Å²) in [7, 11) is 0. The van der Waals surface area contributed by atoms with E-state index in [-0.39, 0.29) is 5.56 Å². The molecule has 0 aliphatic rings. The SMILES string of the molecule is Cc1cc(=O)n2[nH]c(Nc3cc(Cl)ccc3C)nc2n1. The van der Waals surface area contributed by atoms with Crippen LogP contribution in [-0.2, 0) is 0 Å². The highest BCUT2D eigenvalue weighted by atomic mass is 35.5. The zero-order valence-corrected chi connectivity index (χ0v) is 11.7. The second-order valence-corrected chi connectivity index (χ2v) is 4.96. The van der Waals surface area contributed by atoms with Crippen molar-refractivity contribution in [3.63, 3.8) is 0 Å². The van der Waals surface area contributed by atoms with Crippen LogP contribution in [0.15, 0.2) is 29.1 Å². The van der Waals surface area contributed by atoms with Crippen LogP contribution >= 0.6 is 11.6 Å². The van der Waals surface area contributed by atoms with Crippen LogP contribution in [0.3, 0.4) is 0 Å². The van der Waals surface area contributed by atoms with Crippen LogP contribution in [0.2, 0.25) is 5.02 Å². The van der Waals surface area contributed by atoms with E-state index < -0.39 is 0 Å². The maximum absolute atomic E-state index is 11.8. The number of aryl methyl sites for hydroxylation is 2. The third kappa shape index (κ3) is 2.25. The molecule has 0 radical (unpaired) electrons. The van der Waals surface area contributed by atoms with Gasteiger partial charge in [0.25, 0.3) is 11.3 Å². The van der Waals surface area contributed by atoms with Gasteiger partial charge in [-0.25, -0.2) is 4.98 Å². The van der Waals surface area contributed by atoms with Gasteiger partial charge < -0.3 is 5.32 Å². The molecule has 0 bridgehead atoms. The van der Waals surface area contributed by atoms with Gasteiger partial charge >= 0.3 is 0 Å². The Morgan fingerprint density at radius 3 is 2.85 bits per heavy atom. The standard InChI is InChI=1S/C13H12ClN5O/c1-7-3-4-9(14)6-10(7)16-12-17-13-15-8(2)5-11(20)19(13)18-12/h3-6H,1-2H3,(H2,15,16,17,18). The Bertz CT molecular complexity index is 852. The summed E-state index contributed by atoms with van der Waals surface area (Å²) in [6.45, 7) is 3.71. The molecule has 20 heavy (non-hydrogen) atoms. The molecule has 0 unspecified atom stereocenters. The van der Waals surface area contributed by atoms with Crippen LogP contribution in [0.25, 0.3) is 5.78 Å². The highest BCUT2D eigenvalue weighted by Gasteiger charge is 2.08. The summed E-state index contributed by atoms with van der Waals surface area (Å²) in [5.74, 6) is 0.766. The monoisotopic (exact) mass is 289 g/mol. The summed E-state index contributed by atoms with van der Waals surface area (Å²) in [6, 6.07) is 6.96. The van der Waals surface area contributed by atoms with Crippen molar-refractivity contribution in [3.05, 3.63) is 50.9 Å². The number of benzene rings is 1. The molecule has 2 N–H and O–H groups in total. The molecular formula is C13H12ClN5O. The number of nitrogens with one attached hydrogen (secondary N) is 2. The van der Waals surface area contributed by atoms with E-state index in [2.05, 4.69) is 20.4 Å². The van der Waals surface area contributed by atoms with Crippen molar-refractivity contribution in [2.45, 2.75) is 13.8 Å². The number of nitrogens with zero attached hydrogens (tertiary/aromatic N) is 3. The number of fused-ring (bicyclic) bond motifs is 1. The molecule has 0 aliphatic carbocycles. The van der Waals surface area contributed by atoms with Gasteiger partial charge in [-0.2, -0.15) is 9.50 Å². The van der Waals surface area contributed by atoms with Crippen LogP contribution in [0.4, 0.5) is 11.6 Å². The largest absolute Gasteiger partial charge is 0.324 e. The van der Waals surface area contributed by atoms with E-state index >= 15 is 0 Å². The Morgan fingerprint density at radius 2 is 2.05 bits per heavy atom. The number of rotatable bonds is 2. The average molecular weight is 290 g/mol. The molecule has 0 fully saturated rings. The van der Waals surface area contributed by atoms with Gasteiger partial charge in [0.1, 0.15) is 0 Å². The maximum Gasteiger partial charge on any atom is 0.274 e. The number of aromatic nitrogens is 4. The Morgan fingerprint density at radius 1 is 1.25 bits per heavy atom. The van der Waals surface area contributed by atoms with Gasteiger partial charge in [-0.05, 0) is 31.5 Å². The molecule has 0 atom stereocenters. The molecule has 2 aromatic heterocycles. The van der Waals surface area contributed by atoms with Gasteiger partial charge in [-0.15, -0.1) is 0 Å². The third-order valence-electron chi connectivity index (χ3n) is 2.91. The molecule has 3 rings (SSSR count). The highest BCUT2D eigenvalue weighted by Crippen LogP contribution is 2.22. The zero-order chi connectivity index (χ0) is 14.3. The molecule has 0 saturated carbocycles. The molecule has 0 spiro atoms. The number of halogens is 1. The summed E-state index contributed by atoms with van der Waals surface area (Å²) in [4.78, 5) is 20.2. The minimum atomic E-state index is -0.198. The molecule has 6 nitrogen and oxygen atoms in total. The smallest absolute Gasteiger partial charge is 0.274 e. The van der Waals surface area contributed by atoms with Crippen molar-refractivity contribution in [2.75, 3.05) is 5.32 Å². The molecule has 0 saturated heterocycles. The van der Waals surface area contributed by atoms with Gasteiger partial charge in [0.15, 0.2) is 0 Å². The first-order valence-corrected chi connectivity index (χ1v) is 6.40. The van der Waals surface area contributed by atoms with E-state index in [4.69, 9.17) is 11.6 Å². The van der Waals surface area contributed by atoms with E-state index in [1.165, 1.54) is 10.6 Å². The van der Waals surface area contributed by atoms with Crippen LogP contribution in [0.5, 0.6) is 0 Å². The normalized spacial score (nSPS) is 10.9. The van der Waals surface area contributed by atoms with E-state index in [0.29, 0.717) is 22.4 Å². The third-order valence-corrected chi connectivity index (χ3v) is 3.15. The first-order valence-electron chi connectivity index (χ1n) is 6.02. The maximum atomic E-state index is 11.8. The number of H-pyrrole nitrogens is 1. The van der Waals surface area contributed by atoms with Crippen molar-refractivity contribution in [1.29, 1.82) is 0 Å². The van der Waals surface area contributed by atoms with Crippen molar-refractivity contribution in [1.82, 2.24) is 19.6 Å². The predicted octanol–water partition coefficient (Wildman–Crippen LogP) is 2.43. The quantitative estimate of drug-likeness (QED) is 0.760. The number of hydrogen-bond donors (Lipinski definition) is 2. The minimum Gasteiger partial charge on any atom is -0.324 e. The van der Waals surface area contributed by atoms with Crippen molar-refractivity contribution >= 4 is 29.0 Å². The number of aromatic amines is 1. The minimum absolute atomic E-state index is 0.198. The molecule has 1 aromatic carbocycles. The van der Waals surface area contributed by atoms with Gasteiger partial charge in [0.05, 0.1) is 0 Å². The van der Waals surface area contributed by atoms with Crippen molar-refractivity contribution in [2.24, 2.45) is 0 Å². The molecule has 2 heterocycles. The topological polar surface area (TPSA) is 75.1 Å². The first-order chi connectivity index (χ1) is 9.52. The number of hydrogen-bond acceptors (Lipinski definition) is 4. The summed E-state index contributed by atoms with van der Waals surface area (Å²) in [5.41, 5.74) is 2.27. The first kappa shape index (κ1) is 12.7. The van der Waals surface area contributed by atoms with Gasteiger partial charge in [-0.3, -0.25) is 9.89 Å². The molecule has 7 heteroatoms. The molecule has 0 aliphatic heterocycles. The van der Waals surface area contributed by atoms with Gasteiger partial charge in [0, 0.05) is 22.5 Å².